The summed E-state index contributed by atoms with van der Waals surface area (Å²) >= 11 is 0. The predicted octanol–water partition coefficient (Wildman–Crippen LogP) is 3.14. The molecule has 0 aromatic heterocycles. The molecular formula is C12H27NaO3SZr. The molecule has 0 aromatic carbocycles. The van der Waals surface area contributed by atoms with Crippen molar-refractivity contribution in [2.45, 2.75) is 71.1 Å². The van der Waals surface area contributed by atoms with Crippen LogP contribution in [0.3, 0.4) is 0 Å². The van der Waals surface area contributed by atoms with Gasteiger partial charge in [0, 0.05) is 26.2 Å². The minimum absolute atomic E-state index is 0. The SMILES string of the molecule is CCCCCCCCCCCCS(=O)(=O)O.[NaH].[Zr]. The van der Waals surface area contributed by atoms with E-state index >= 15 is 0 Å². The third-order valence-electron chi connectivity index (χ3n) is 2.76. The van der Waals surface area contributed by atoms with Crippen LogP contribution in [0.5, 0.6) is 0 Å². The Bertz CT molecular complexity index is 246. The number of hydrogen-bond acceptors (Lipinski definition) is 2. The van der Waals surface area contributed by atoms with E-state index in [1.54, 1.807) is 0 Å². The van der Waals surface area contributed by atoms with Crippen LogP contribution in [-0.2, 0) is 36.3 Å². The number of hydrogen-bond donors (Lipinski definition) is 1. The van der Waals surface area contributed by atoms with Gasteiger partial charge >= 0.3 is 29.6 Å². The third kappa shape index (κ3) is 22.9. The van der Waals surface area contributed by atoms with Crippen LogP contribution >= 0.6 is 0 Å². The van der Waals surface area contributed by atoms with Gasteiger partial charge in [-0.05, 0) is 6.42 Å². The molecule has 0 aliphatic heterocycles. The molecule has 0 aromatic rings. The van der Waals surface area contributed by atoms with E-state index in [2.05, 4.69) is 6.92 Å². The fraction of sp³-hybridized carbons (Fsp3) is 1.00. The molecule has 18 heavy (non-hydrogen) atoms. The van der Waals surface area contributed by atoms with Crippen molar-refractivity contribution >= 4 is 39.7 Å². The quantitative estimate of drug-likeness (QED) is 0.348. The number of unbranched alkanes of at least 4 members (excludes halogenated alkanes) is 9. The molecule has 6 heteroatoms. The summed E-state index contributed by atoms with van der Waals surface area (Å²) in [5.74, 6) is -0.0799. The van der Waals surface area contributed by atoms with Gasteiger partial charge in [-0.2, -0.15) is 8.42 Å². The maximum absolute atomic E-state index is 10.4. The maximum Gasteiger partial charge on any atom is 0 e. The first kappa shape index (κ1) is 24.8. The Hall–Kier alpha value is 1.79. The van der Waals surface area contributed by atoms with E-state index in [-0.39, 0.29) is 61.5 Å². The second-order valence-corrected chi connectivity index (χ2v) is 6.04. The molecule has 1 N–H and O–H groups in total. The van der Waals surface area contributed by atoms with Crippen molar-refractivity contribution in [3.63, 3.8) is 0 Å². The van der Waals surface area contributed by atoms with E-state index in [1.165, 1.54) is 44.9 Å². The Morgan fingerprint density at radius 2 is 1.11 bits per heavy atom. The van der Waals surface area contributed by atoms with E-state index < -0.39 is 10.1 Å². The monoisotopic (exact) mass is 364 g/mol. The van der Waals surface area contributed by atoms with E-state index in [9.17, 15) is 8.42 Å². The van der Waals surface area contributed by atoms with E-state index in [0.29, 0.717) is 6.42 Å². The molecule has 0 spiro atoms. The summed E-state index contributed by atoms with van der Waals surface area (Å²) in [6.45, 7) is 2.22. The molecule has 0 aliphatic carbocycles. The van der Waals surface area contributed by atoms with Crippen molar-refractivity contribution in [3.05, 3.63) is 0 Å². The Kier molecular flexibility index (Phi) is 23.2. The fourth-order valence-corrected chi connectivity index (χ4v) is 2.34. The minimum atomic E-state index is -3.73. The van der Waals surface area contributed by atoms with Crippen molar-refractivity contribution in [3.8, 4) is 0 Å². The largest absolute Gasteiger partial charge is 0 e. The minimum Gasteiger partial charge on any atom is 0 e. The molecule has 0 amide bonds. The molecule has 0 aliphatic rings. The van der Waals surface area contributed by atoms with Crippen molar-refractivity contribution in [2.75, 3.05) is 5.75 Å². The van der Waals surface area contributed by atoms with Crippen LogP contribution in [0, 0.1) is 0 Å². The Labute approximate surface area is 154 Å². The van der Waals surface area contributed by atoms with Gasteiger partial charge in [-0.25, -0.2) is 0 Å². The second-order valence-electron chi connectivity index (χ2n) is 4.47. The van der Waals surface area contributed by atoms with Crippen LogP contribution in [0.25, 0.3) is 0 Å². The molecule has 0 bridgehead atoms. The van der Waals surface area contributed by atoms with Gasteiger partial charge in [-0.15, -0.1) is 0 Å². The smallest absolute Gasteiger partial charge is 0 e. The van der Waals surface area contributed by atoms with E-state index in [1.807, 2.05) is 0 Å². The van der Waals surface area contributed by atoms with Crippen LogP contribution in [-0.4, -0.2) is 48.3 Å². The first-order valence-electron chi connectivity index (χ1n) is 6.51. The average Bonchev–Trinajstić information content (AvgIpc) is 2.19. The van der Waals surface area contributed by atoms with Gasteiger partial charge < -0.3 is 0 Å². The molecule has 0 heterocycles. The molecule has 0 rings (SSSR count). The second kappa shape index (κ2) is 16.8. The Morgan fingerprint density at radius 1 is 0.778 bits per heavy atom. The van der Waals surface area contributed by atoms with E-state index in [4.69, 9.17) is 4.55 Å². The normalized spacial score (nSPS) is 10.6. The average molecular weight is 366 g/mol. The first-order valence-corrected chi connectivity index (χ1v) is 8.12. The zero-order valence-electron chi connectivity index (χ0n) is 11.0. The molecule has 0 fully saturated rings. The molecule has 0 unspecified atom stereocenters. The molecule has 0 saturated carbocycles. The third-order valence-corrected chi connectivity index (χ3v) is 3.56. The summed E-state index contributed by atoms with van der Waals surface area (Å²) in [7, 11) is -3.73. The maximum atomic E-state index is 10.4. The van der Waals surface area contributed by atoms with Crippen LogP contribution in [0.15, 0.2) is 0 Å². The molecule has 3 nitrogen and oxygen atoms in total. The van der Waals surface area contributed by atoms with Crippen LogP contribution in [0.1, 0.15) is 71.1 Å². The zero-order chi connectivity index (χ0) is 12.3. The summed E-state index contributed by atoms with van der Waals surface area (Å²) in [4.78, 5) is 0. The zero-order valence-corrected chi connectivity index (χ0v) is 14.2. The van der Waals surface area contributed by atoms with Gasteiger partial charge in [0.15, 0.2) is 0 Å². The first-order chi connectivity index (χ1) is 7.56. The van der Waals surface area contributed by atoms with Gasteiger partial charge in [0.2, 0.25) is 0 Å². The van der Waals surface area contributed by atoms with Gasteiger partial charge in [-0.1, -0.05) is 64.7 Å². The van der Waals surface area contributed by atoms with Gasteiger partial charge in [0.25, 0.3) is 10.1 Å². The van der Waals surface area contributed by atoms with Gasteiger partial charge in [-0.3, -0.25) is 4.55 Å². The molecule has 0 radical (unpaired) electrons. The van der Waals surface area contributed by atoms with Gasteiger partial charge in [0.05, 0.1) is 5.75 Å². The molecule has 0 saturated heterocycles. The number of rotatable bonds is 11. The predicted molar refractivity (Wildman–Crippen MR) is 75.4 cm³/mol. The summed E-state index contributed by atoms with van der Waals surface area (Å²) < 4.78 is 29.4. The van der Waals surface area contributed by atoms with Crippen LogP contribution in [0.2, 0.25) is 0 Å². The molecule has 104 valence electrons. The summed E-state index contributed by atoms with van der Waals surface area (Å²) in [6, 6.07) is 0. The Balaban J connectivity index is -0.00000112. The Morgan fingerprint density at radius 3 is 1.44 bits per heavy atom. The van der Waals surface area contributed by atoms with E-state index in [0.717, 1.165) is 12.8 Å². The molecule has 0 atom stereocenters. The van der Waals surface area contributed by atoms with Crippen molar-refractivity contribution in [1.29, 1.82) is 0 Å². The van der Waals surface area contributed by atoms with Crippen LogP contribution in [0.4, 0.5) is 0 Å². The molecular weight excluding hydrogens is 338 g/mol. The van der Waals surface area contributed by atoms with Gasteiger partial charge in [0.1, 0.15) is 0 Å². The summed E-state index contributed by atoms with van der Waals surface area (Å²) in [6.07, 6.45) is 11.7. The topological polar surface area (TPSA) is 54.4 Å². The fourth-order valence-electron chi connectivity index (χ4n) is 1.77. The summed E-state index contributed by atoms with van der Waals surface area (Å²) in [5.41, 5.74) is 0. The summed E-state index contributed by atoms with van der Waals surface area (Å²) in [5, 5.41) is 0. The standard InChI is InChI=1S/C12H26O3S.Na.Zr.H/c1-2-3-4-5-6-7-8-9-10-11-12-16(13,14)15;;;/h2-12H2,1H3,(H,13,14,15);;;. The van der Waals surface area contributed by atoms with Crippen LogP contribution < -0.4 is 0 Å². The van der Waals surface area contributed by atoms with Crippen molar-refractivity contribution in [1.82, 2.24) is 0 Å². The van der Waals surface area contributed by atoms with Crippen molar-refractivity contribution < 1.29 is 39.2 Å². The van der Waals surface area contributed by atoms with Crippen molar-refractivity contribution in [2.24, 2.45) is 0 Å².